The molecule has 2 aromatic rings. The van der Waals surface area contributed by atoms with Crippen LogP contribution in [0.5, 0.6) is 0 Å². The number of aromatic nitrogens is 3. The molecule has 0 spiro atoms. The fourth-order valence-corrected chi connectivity index (χ4v) is 2.43. The lowest BCUT2D eigenvalue weighted by Crippen LogP contribution is -2.57. The zero-order valence-corrected chi connectivity index (χ0v) is 11.4. The molecule has 2 aromatic heterocycles. The monoisotopic (exact) mass is 285 g/mol. The highest BCUT2D eigenvalue weighted by molar-refractivity contribution is 5.93. The van der Waals surface area contributed by atoms with Crippen LogP contribution in [-0.4, -0.2) is 45.1 Å². The van der Waals surface area contributed by atoms with Gasteiger partial charge < -0.3 is 14.7 Å². The normalized spacial score (nSPS) is 18.4. The van der Waals surface area contributed by atoms with Gasteiger partial charge in [0.1, 0.15) is 17.9 Å². The van der Waals surface area contributed by atoms with Crippen molar-refractivity contribution in [2.75, 3.05) is 18.4 Å². The number of carbonyl (C=O) groups is 1. The van der Waals surface area contributed by atoms with Crippen LogP contribution in [0.2, 0.25) is 0 Å². The van der Waals surface area contributed by atoms with Gasteiger partial charge in [-0.2, -0.15) is 0 Å². The Balaban J connectivity index is 1.33. The molecule has 0 aromatic carbocycles. The van der Waals surface area contributed by atoms with Crippen molar-refractivity contribution in [2.45, 2.75) is 24.8 Å². The number of carbonyl (C=O) groups excluding carboxylic acids is 1. The molecule has 1 aliphatic carbocycles. The highest BCUT2D eigenvalue weighted by atomic mass is 16.5. The van der Waals surface area contributed by atoms with Crippen molar-refractivity contribution in [2.24, 2.45) is 0 Å². The van der Waals surface area contributed by atoms with Crippen LogP contribution in [0.15, 0.2) is 29.2 Å². The Hall–Kier alpha value is -2.44. The number of hydrogen-bond donors (Lipinski definition) is 1. The van der Waals surface area contributed by atoms with Gasteiger partial charge in [-0.1, -0.05) is 5.16 Å². The predicted octanol–water partition coefficient (Wildman–Crippen LogP) is 1.28. The third kappa shape index (κ3) is 2.46. The van der Waals surface area contributed by atoms with Crippen LogP contribution in [0.4, 0.5) is 5.82 Å². The first kappa shape index (κ1) is 12.3. The van der Waals surface area contributed by atoms with Gasteiger partial charge in [-0.25, -0.2) is 9.97 Å². The molecule has 21 heavy (non-hydrogen) atoms. The van der Waals surface area contributed by atoms with E-state index >= 15 is 0 Å². The molecule has 7 nitrogen and oxygen atoms in total. The molecule has 2 fully saturated rings. The van der Waals surface area contributed by atoms with Gasteiger partial charge in [-0.3, -0.25) is 4.79 Å². The minimum absolute atomic E-state index is 0.0635. The van der Waals surface area contributed by atoms with E-state index in [0.29, 0.717) is 24.7 Å². The van der Waals surface area contributed by atoms with Crippen LogP contribution in [0.25, 0.3) is 0 Å². The number of anilines is 1. The summed E-state index contributed by atoms with van der Waals surface area (Å²) in [5.41, 5.74) is 0.414. The van der Waals surface area contributed by atoms with Crippen LogP contribution in [0.1, 0.15) is 35.0 Å². The van der Waals surface area contributed by atoms with E-state index < -0.39 is 0 Å². The average Bonchev–Trinajstić information content (AvgIpc) is 3.20. The van der Waals surface area contributed by atoms with Crippen molar-refractivity contribution in [1.82, 2.24) is 20.0 Å². The van der Waals surface area contributed by atoms with Crippen LogP contribution in [0, 0.1) is 0 Å². The summed E-state index contributed by atoms with van der Waals surface area (Å²) < 4.78 is 5.22. The molecule has 0 unspecified atom stereocenters. The summed E-state index contributed by atoms with van der Waals surface area (Å²) in [6.07, 6.45) is 5.46. The zero-order valence-electron chi connectivity index (χ0n) is 11.4. The van der Waals surface area contributed by atoms with E-state index in [1.807, 2.05) is 6.07 Å². The first-order valence-corrected chi connectivity index (χ1v) is 7.08. The Bertz CT molecular complexity index is 646. The Morgan fingerprint density at radius 2 is 2.24 bits per heavy atom. The van der Waals surface area contributed by atoms with E-state index in [2.05, 4.69) is 20.4 Å². The maximum absolute atomic E-state index is 12.2. The van der Waals surface area contributed by atoms with Gasteiger partial charge >= 0.3 is 0 Å². The topological polar surface area (TPSA) is 84.2 Å². The van der Waals surface area contributed by atoms with Gasteiger partial charge in [0.2, 0.25) is 0 Å². The van der Waals surface area contributed by atoms with Crippen LogP contribution in [-0.2, 0) is 0 Å². The van der Waals surface area contributed by atoms with Gasteiger partial charge in [-0.15, -0.1) is 0 Å². The molecule has 1 amide bonds. The molecule has 1 N–H and O–H groups in total. The lowest BCUT2D eigenvalue weighted by atomic mass is 10.1. The molecule has 1 saturated carbocycles. The van der Waals surface area contributed by atoms with E-state index in [-0.39, 0.29) is 11.9 Å². The molecule has 4 rings (SSSR count). The van der Waals surface area contributed by atoms with Gasteiger partial charge in [0.25, 0.3) is 5.91 Å². The highest BCUT2D eigenvalue weighted by Gasteiger charge is 2.34. The molecule has 108 valence electrons. The van der Waals surface area contributed by atoms with Crippen molar-refractivity contribution in [1.29, 1.82) is 0 Å². The molecule has 2 aliphatic rings. The Morgan fingerprint density at radius 1 is 1.38 bits per heavy atom. The largest absolute Gasteiger partial charge is 0.364 e. The molecular formula is C14H15N5O2. The number of amides is 1. The third-order valence-electron chi connectivity index (χ3n) is 3.83. The van der Waals surface area contributed by atoms with Crippen molar-refractivity contribution in [3.63, 3.8) is 0 Å². The van der Waals surface area contributed by atoms with Crippen molar-refractivity contribution < 1.29 is 9.32 Å². The first-order chi connectivity index (χ1) is 10.3. The van der Waals surface area contributed by atoms with Gasteiger partial charge in [-0.05, 0) is 18.9 Å². The Labute approximate surface area is 121 Å². The predicted molar refractivity (Wildman–Crippen MR) is 73.8 cm³/mol. The maximum atomic E-state index is 12.2. The maximum Gasteiger partial charge on any atom is 0.276 e. The van der Waals surface area contributed by atoms with Gasteiger partial charge in [0.15, 0.2) is 5.69 Å². The fraction of sp³-hybridized carbons (Fsp3) is 0.429. The van der Waals surface area contributed by atoms with Crippen LogP contribution < -0.4 is 5.32 Å². The SMILES string of the molecule is O=C(c1cc(C2CC2)on1)N1CC(Nc2ccncn2)C1. The second kappa shape index (κ2) is 4.83. The van der Waals surface area contributed by atoms with Crippen LogP contribution >= 0.6 is 0 Å². The smallest absolute Gasteiger partial charge is 0.276 e. The van der Waals surface area contributed by atoms with E-state index in [0.717, 1.165) is 24.4 Å². The summed E-state index contributed by atoms with van der Waals surface area (Å²) in [7, 11) is 0. The second-order valence-electron chi connectivity index (χ2n) is 5.53. The summed E-state index contributed by atoms with van der Waals surface area (Å²) in [5.74, 6) is 2.03. The average molecular weight is 285 g/mol. The Kier molecular flexibility index (Phi) is 2.83. The van der Waals surface area contributed by atoms with Crippen molar-refractivity contribution >= 4 is 11.7 Å². The van der Waals surface area contributed by atoms with Crippen molar-refractivity contribution in [3.8, 4) is 0 Å². The van der Waals surface area contributed by atoms with Crippen LogP contribution in [0.3, 0.4) is 0 Å². The molecule has 0 bridgehead atoms. The summed E-state index contributed by atoms with van der Waals surface area (Å²) in [6.45, 7) is 1.29. The zero-order chi connectivity index (χ0) is 14.2. The summed E-state index contributed by atoms with van der Waals surface area (Å²) in [4.78, 5) is 22.0. The fourth-order valence-electron chi connectivity index (χ4n) is 2.43. The van der Waals surface area contributed by atoms with Crippen molar-refractivity contribution in [3.05, 3.63) is 36.1 Å². The summed E-state index contributed by atoms with van der Waals surface area (Å²) >= 11 is 0. The molecule has 7 heteroatoms. The minimum Gasteiger partial charge on any atom is -0.364 e. The van der Waals surface area contributed by atoms with E-state index in [4.69, 9.17) is 4.52 Å². The number of rotatable bonds is 4. The minimum atomic E-state index is -0.0635. The number of nitrogens with zero attached hydrogens (tertiary/aromatic N) is 4. The second-order valence-corrected chi connectivity index (χ2v) is 5.53. The molecular weight excluding hydrogens is 270 g/mol. The highest BCUT2D eigenvalue weighted by Crippen LogP contribution is 2.40. The molecule has 1 aliphatic heterocycles. The standard InChI is InChI=1S/C14H15N5O2/c20-14(11-5-12(21-18-11)9-1-2-9)19-6-10(7-19)17-13-3-4-15-8-16-13/h3-5,8-10H,1-2,6-7H2,(H,15,16,17). The lowest BCUT2D eigenvalue weighted by Gasteiger charge is -2.39. The molecule has 0 atom stereocenters. The number of hydrogen-bond acceptors (Lipinski definition) is 6. The quantitative estimate of drug-likeness (QED) is 0.911. The van der Waals surface area contributed by atoms with E-state index in [1.54, 1.807) is 17.2 Å². The van der Waals surface area contributed by atoms with Gasteiger partial charge in [0.05, 0.1) is 6.04 Å². The molecule has 0 radical (unpaired) electrons. The first-order valence-electron chi connectivity index (χ1n) is 7.08. The molecule has 3 heterocycles. The van der Waals surface area contributed by atoms with E-state index in [1.165, 1.54) is 6.33 Å². The number of likely N-dealkylation sites (tertiary alicyclic amines) is 1. The lowest BCUT2D eigenvalue weighted by molar-refractivity contribution is 0.0614. The van der Waals surface area contributed by atoms with E-state index in [9.17, 15) is 4.79 Å². The Morgan fingerprint density at radius 3 is 2.95 bits per heavy atom. The van der Waals surface area contributed by atoms with Gasteiger partial charge in [0, 0.05) is 31.3 Å². The summed E-state index contributed by atoms with van der Waals surface area (Å²) in [6, 6.07) is 3.81. The number of nitrogens with one attached hydrogen (secondary N) is 1. The third-order valence-corrected chi connectivity index (χ3v) is 3.83. The molecule has 1 saturated heterocycles. The summed E-state index contributed by atoms with van der Waals surface area (Å²) in [5, 5.41) is 7.14.